The molecule has 1 aliphatic rings. The van der Waals surface area contributed by atoms with Crippen LogP contribution in [0.25, 0.3) is 0 Å². The third-order valence-corrected chi connectivity index (χ3v) is 5.40. The molecular formula is C14H22N2OS2. The van der Waals surface area contributed by atoms with Gasteiger partial charge in [-0.05, 0) is 25.7 Å². The fourth-order valence-electron chi connectivity index (χ4n) is 2.50. The summed E-state index contributed by atoms with van der Waals surface area (Å²) in [7, 11) is 0. The summed E-state index contributed by atoms with van der Waals surface area (Å²) in [6.07, 6.45) is 4.95. The molecule has 19 heavy (non-hydrogen) atoms. The second-order valence-corrected chi connectivity index (χ2v) is 7.33. The van der Waals surface area contributed by atoms with Crippen molar-refractivity contribution in [1.82, 2.24) is 10.3 Å². The minimum Gasteiger partial charge on any atom is -0.352 e. The fraction of sp³-hybridized carbons (Fsp3) is 0.714. The van der Waals surface area contributed by atoms with Crippen molar-refractivity contribution in [2.75, 3.05) is 5.75 Å². The molecule has 1 aromatic rings. The highest BCUT2D eigenvalue weighted by atomic mass is 32.2. The summed E-state index contributed by atoms with van der Waals surface area (Å²) in [5.41, 5.74) is 1.09. The number of amides is 1. The van der Waals surface area contributed by atoms with Gasteiger partial charge in [0.15, 0.2) is 0 Å². The zero-order valence-corrected chi connectivity index (χ0v) is 13.3. The van der Waals surface area contributed by atoms with Gasteiger partial charge in [0.25, 0.3) is 0 Å². The van der Waals surface area contributed by atoms with Gasteiger partial charge in [-0.3, -0.25) is 4.79 Å². The van der Waals surface area contributed by atoms with E-state index in [9.17, 15) is 4.79 Å². The topological polar surface area (TPSA) is 42.0 Å². The van der Waals surface area contributed by atoms with Crippen molar-refractivity contribution in [3.8, 4) is 0 Å². The molecule has 1 saturated carbocycles. The van der Waals surface area contributed by atoms with E-state index in [4.69, 9.17) is 0 Å². The van der Waals surface area contributed by atoms with E-state index in [0.29, 0.717) is 17.7 Å². The van der Waals surface area contributed by atoms with Crippen LogP contribution in [-0.4, -0.2) is 22.7 Å². The van der Waals surface area contributed by atoms with Crippen molar-refractivity contribution in [3.63, 3.8) is 0 Å². The Balaban J connectivity index is 1.66. The quantitative estimate of drug-likeness (QED) is 0.906. The first-order valence-electron chi connectivity index (χ1n) is 6.93. The van der Waals surface area contributed by atoms with Crippen molar-refractivity contribution < 1.29 is 4.79 Å². The number of nitrogens with zero attached hydrogens (tertiary/aromatic N) is 1. The zero-order valence-electron chi connectivity index (χ0n) is 11.6. The Morgan fingerprint density at radius 2 is 2.32 bits per heavy atom. The van der Waals surface area contributed by atoms with Crippen LogP contribution in [0.2, 0.25) is 0 Å². The average Bonchev–Trinajstić information content (AvgIpc) is 2.78. The number of thiazole rings is 1. The third kappa shape index (κ3) is 4.80. The van der Waals surface area contributed by atoms with Gasteiger partial charge in [-0.25, -0.2) is 4.98 Å². The largest absolute Gasteiger partial charge is 0.352 e. The number of aryl methyl sites for hydroxylation is 1. The average molecular weight is 298 g/mol. The summed E-state index contributed by atoms with van der Waals surface area (Å²) in [6, 6.07) is 0.392. The van der Waals surface area contributed by atoms with E-state index in [-0.39, 0.29) is 5.91 Å². The van der Waals surface area contributed by atoms with Crippen LogP contribution < -0.4 is 5.32 Å². The molecule has 0 saturated heterocycles. The minimum atomic E-state index is 0.177. The van der Waals surface area contributed by atoms with Crippen molar-refractivity contribution in [2.45, 2.75) is 51.3 Å². The van der Waals surface area contributed by atoms with E-state index >= 15 is 0 Å². The van der Waals surface area contributed by atoms with Crippen molar-refractivity contribution in [2.24, 2.45) is 5.92 Å². The van der Waals surface area contributed by atoms with Gasteiger partial charge in [0.05, 0.1) is 16.5 Å². The number of carbonyl (C=O) groups is 1. The van der Waals surface area contributed by atoms with Crippen LogP contribution in [0.1, 0.15) is 43.3 Å². The predicted molar refractivity (Wildman–Crippen MR) is 82.6 cm³/mol. The summed E-state index contributed by atoms with van der Waals surface area (Å²) in [5.74, 6) is 2.18. The molecule has 1 fully saturated rings. The Labute approximate surface area is 123 Å². The van der Waals surface area contributed by atoms with Crippen LogP contribution >= 0.6 is 23.1 Å². The van der Waals surface area contributed by atoms with E-state index in [1.165, 1.54) is 19.3 Å². The summed E-state index contributed by atoms with van der Waals surface area (Å²) >= 11 is 3.32. The van der Waals surface area contributed by atoms with Crippen molar-refractivity contribution in [3.05, 3.63) is 16.1 Å². The molecule has 5 heteroatoms. The number of rotatable bonds is 5. The van der Waals surface area contributed by atoms with Crippen molar-refractivity contribution in [1.29, 1.82) is 0 Å². The number of aromatic nitrogens is 1. The molecule has 1 N–H and O–H groups in total. The number of nitrogens with one attached hydrogen (secondary N) is 1. The molecule has 2 rings (SSSR count). The third-order valence-electron chi connectivity index (χ3n) is 3.61. The predicted octanol–water partition coefficient (Wildman–Crippen LogP) is 3.38. The Kier molecular flexibility index (Phi) is 5.70. The molecule has 0 aromatic carbocycles. The van der Waals surface area contributed by atoms with Crippen LogP contribution in [-0.2, 0) is 10.5 Å². The van der Waals surface area contributed by atoms with Gasteiger partial charge in [-0.1, -0.05) is 19.8 Å². The summed E-state index contributed by atoms with van der Waals surface area (Å²) in [5, 5.41) is 6.35. The van der Waals surface area contributed by atoms with Crippen molar-refractivity contribution >= 4 is 29.0 Å². The van der Waals surface area contributed by atoms with Crippen LogP contribution in [0, 0.1) is 12.8 Å². The molecule has 0 aliphatic heterocycles. The second kappa shape index (κ2) is 7.29. The second-order valence-electron chi connectivity index (χ2n) is 5.29. The number of thioether (sulfide) groups is 1. The normalized spacial score (nSPS) is 23.3. The summed E-state index contributed by atoms with van der Waals surface area (Å²) < 4.78 is 0. The first-order chi connectivity index (χ1) is 9.15. The van der Waals surface area contributed by atoms with Crippen LogP contribution in [0.3, 0.4) is 0 Å². The van der Waals surface area contributed by atoms with E-state index in [1.54, 1.807) is 23.1 Å². The van der Waals surface area contributed by atoms with E-state index in [2.05, 4.69) is 22.6 Å². The monoisotopic (exact) mass is 298 g/mol. The van der Waals surface area contributed by atoms with Crippen LogP contribution in [0.5, 0.6) is 0 Å². The Bertz CT molecular complexity index is 419. The number of hydrogen-bond donors (Lipinski definition) is 1. The number of hydrogen-bond acceptors (Lipinski definition) is 4. The van der Waals surface area contributed by atoms with Gasteiger partial charge in [0.2, 0.25) is 5.91 Å². The lowest BCUT2D eigenvalue weighted by molar-refractivity contribution is -0.119. The molecule has 0 unspecified atom stereocenters. The summed E-state index contributed by atoms with van der Waals surface area (Å²) in [6.45, 7) is 4.26. The van der Waals surface area contributed by atoms with Crippen LogP contribution in [0.15, 0.2) is 5.38 Å². The Hall–Kier alpha value is -0.550. The van der Waals surface area contributed by atoms with Gasteiger partial charge in [0.1, 0.15) is 0 Å². The number of carbonyl (C=O) groups excluding carboxylic acids is 1. The first-order valence-corrected chi connectivity index (χ1v) is 8.96. The smallest absolute Gasteiger partial charge is 0.230 e. The SMILES string of the molecule is Cc1nc(CSCC(=O)N[C@@H]2CCCC[C@@H]2C)cs1. The highest BCUT2D eigenvalue weighted by Crippen LogP contribution is 2.24. The summed E-state index contributed by atoms with van der Waals surface area (Å²) in [4.78, 5) is 16.3. The van der Waals surface area contributed by atoms with Gasteiger partial charge in [0, 0.05) is 17.2 Å². The lowest BCUT2D eigenvalue weighted by Crippen LogP contribution is -2.41. The lowest BCUT2D eigenvalue weighted by Gasteiger charge is -2.29. The highest BCUT2D eigenvalue weighted by molar-refractivity contribution is 7.99. The van der Waals surface area contributed by atoms with E-state index in [0.717, 1.165) is 22.9 Å². The highest BCUT2D eigenvalue weighted by Gasteiger charge is 2.22. The molecule has 1 amide bonds. The molecule has 0 spiro atoms. The van der Waals surface area contributed by atoms with Gasteiger partial charge < -0.3 is 5.32 Å². The Morgan fingerprint density at radius 3 is 3.00 bits per heavy atom. The van der Waals surface area contributed by atoms with Gasteiger partial charge in [-0.2, -0.15) is 0 Å². The molecule has 2 atom stereocenters. The van der Waals surface area contributed by atoms with Gasteiger partial charge >= 0.3 is 0 Å². The lowest BCUT2D eigenvalue weighted by atomic mass is 9.86. The minimum absolute atomic E-state index is 0.177. The van der Waals surface area contributed by atoms with Crippen LogP contribution in [0.4, 0.5) is 0 Å². The van der Waals surface area contributed by atoms with E-state index in [1.807, 2.05) is 6.92 Å². The maximum atomic E-state index is 11.9. The van der Waals surface area contributed by atoms with E-state index < -0.39 is 0 Å². The first kappa shape index (κ1) is 14.9. The Morgan fingerprint density at radius 1 is 1.53 bits per heavy atom. The molecule has 1 aliphatic carbocycles. The zero-order chi connectivity index (χ0) is 13.7. The molecule has 1 aromatic heterocycles. The standard InChI is InChI=1S/C14H22N2OS2/c1-10-5-3-4-6-13(10)16-14(17)9-18-7-12-8-19-11(2)15-12/h8,10,13H,3-7,9H2,1-2H3,(H,16,17)/t10-,13+/m0/s1. The molecular weight excluding hydrogens is 276 g/mol. The molecule has 0 radical (unpaired) electrons. The maximum absolute atomic E-state index is 11.9. The molecule has 3 nitrogen and oxygen atoms in total. The molecule has 106 valence electrons. The molecule has 0 bridgehead atoms. The molecule has 1 heterocycles. The maximum Gasteiger partial charge on any atom is 0.230 e. The fourth-order valence-corrected chi connectivity index (χ4v) is 3.95. The van der Waals surface area contributed by atoms with Gasteiger partial charge in [-0.15, -0.1) is 23.1 Å².